The van der Waals surface area contributed by atoms with E-state index in [-0.39, 0.29) is 5.97 Å². The Morgan fingerprint density at radius 2 is 2.31 bits per heavy atom. The van der Waals surface area contributed by atoms with Crippen LogP contribution in [0.25, 0.3) is 0 Å². The molecule has 1 aliphatic heterocycles. The van der Waals surface area contributed by atoms with Crippen LogP contribution in [0.2, 0.25) is 0 Å². The molecule has 1 fully saturated rings. The van der Waals surface area contributed by atoms with Crippen LogP contribution in [0.15, 0.2) is 0 Å². The zero-order valence-corrected chi connectivity index (χ0v) is 10.1. The molecule has 1 unspecified atom stereocenters. The Kier molecular flexibility index (Phi) is 5.68. The lowest BCUT2D eigenvalue weighted by molar-refractivity contribution is -0.151. The lowest BCUT2D eigenvalue weighted by atomic mass is 10.2. The first-order chi connectivity index (χ1) is 7.67. The van der Waals surface area contributed by atoms with Crippen LogP contribution in [0.5, 0.6) is 0 Å². The molecule has 0 saturated carbocycles. The van der Waals surface area contributed by atoms with E-state index < -0.39 is 0 Å². The Morgan fingerprint density at radius 3 is 2.88 bits per heavy atom. The third-order valence-electron chi connectivity index (χ3n) is 3.06. The van der Waals surface area contributed by atoms with E-state index in [1.165, 1.54) is 0 Å². The fourth-order valence-corrected chi connectivity index (χ4v) is 2.11. The van der Waals surface area contributed by atoms with Gasteiger partial charge in [-0.1, -0.05) is 12.5 Å². The molecule has 6 heteroatoms. The maximum Gasteiger partial charge on any atom is 0.327 e. The van der Waals surface area contributed by atoms with Gasteiger partial charge in [-0.15, -0.1) is 0 Å². The summed E-state index contributed by atoms with van der Waals surface area (Å²) in [5.74, 6) is 4.57. The molecule has 0 aliphatic carbocycles. The highest BCUT2D eigenvalue weighted by atomic mass is 16.7. The van der Waals surface area contributed by atoms with Gasteiger partial charge in [0.1, 0.15) is 0 Å². The highest BCUT2D eigenvalue weighted by Crippen LogP contribution is 2.09. The van der Waals surface area contributed by atoms with Crippen LogP contribution in [0.3, 0.4) is 0 Å². The number of nitrogens with zero attached hydrogens (tertiary/aromatic N) is 2. The summed E-state index contributed by atoms with van der Waals surface area (Å²) in [4.78, 5) is 20.3. The van der Waals surface area contributed by atoms with Crippen molar-refractivity contribution in [3.63, 3.8) is 0 Å². The van der Waals surface area contributed by atoms with Crippen LogP contribution in [0.4, 0.5) is 0 Å². The predicted octanol–water partition coefficient (Wildman–Crippen LogP) is -0.676. The molecule has 1 atom stereocenters. The van der Waals surface area contributed by atoms with Gasteiger partial charge in [0.05, 0.1) is 6.42 Å². The summed E-state index contributed by atoms with van der Waals surface area (Å²) in [5, 5.41) is 0. The van der Waals surface area contributed by atoms with E-state index in [1.807, 2.05) is 5.59 Å². The number of rotatable bonds is 5. The monoisotopic (exact) mass is 230 g/mol. The number of piperazine rings is 1. The summed E-state index contributed by atoms with van der Waals surface area (Å²) < 4.78 is 0. The molecule has 3 N–H and O–H groups in total. The van der Waals surface area contributed by atoms with Crippen molar-refractivity contribution in [1.82, 2.24) is 15.4 Å². The zero-order valence-electron chi connectivity index (χ0n) is 10.1. The summed E-state index contributed by atoms with van der Waals surface area (Å²) in [6.45, 7) is 9.32. The van der Waals surface area contributed by atoms with E-state index >= 15 is 0 Å². The van der Waals surface area contributed by atoms with E-state index in [4.69, 9.17) is 5.84 Å². The largest absolute Gasteiger partial charge is 0.356 e. The van der Waals surface area contributed by atoms with Gasteiger partial charge in [0.2, 0.25) is 0 Å². The SMILES string of the molecule is CCN1CCN(CCC(=O)ONN)CC1C. The van der Waals surface area contributed by atoms with Crippen molar-refractivity contribution in [3.05, 3.63) is 0 Å². The maximum atomic E-state index is 11.1. The number of carbonyl (C=O) groups excluding carboxylic acids is 1. The standard InChI is InChI=1S/C10H22N4O2/c1-3-14-7-6-13(8-9(14)2)5-4-10(15)16-12-11/h9,12H,3-8,11H2,1-2H3. The first-order valence-corrected chi connectivity index (χ1v) is 5.79. The second kappa shape index (κ2) is 6.80. The lowest BCUT2D eigenvalue weighted by Crippen LogP contribution is -2.52. The number of hydrogen-bond acceptors (Lipinski definition) is 6. The van der Waals surface area contributed by atoms with Gasteiger partial charge >= 0.3 is 5.97 Å². The summed E-state index contributed by atoms with van der Waals surface area (Å²) in [6.07, 6.45) is 0.378. The third kappa shape index (κ3) is 4.05. The number of likely N-dealkylation sites (N-methyl/N-ethyl adjacent to an activating group) is 1. The van der Waals surface area contributed by atoms with Crippen LogP contribution in [0, 0.1) is 0 Å². The molecule has 0 spiro atoms. The van der Waals surface area contributed by atoms with Gasteiger partial charge in [-0.3, -0.25) is 14.6 Å². The van der Waals surface area contributed by atoms with Crippen LogP contribution in [-0.2, 0) is 9.63 Å². The predicted molar refractivity (Wildman–Crippen MR) is 61.2 cm³/mol. The minimum absolute atomic E-state index is 0.312. The van der Waals surface area contributed by atoms with Gasteiger partial charge in [-0.2, -0.15) is 0 Å². The Labute approximate surface area is 96.6 Å². The van der Waals surface area contributed by atoms with Gasteiger partial charge in [0.15, 0.2) is 0 Å². The molecule has 1 saturated heterocycles. The van der Waals surface area contributed by atoms with Crippen molar-refractivity contribution in [2.75, 3.05) is 32.7 Å². The van der Waals surface area contributed by atoms with E-state index in [0.29, 0.717) is 12.5 Å². The molecule has 1 rings (SSSR count). The van der Waals surface area contributed by atoms with E-state index in [9.17, 15) is 4.79 Å². The molecule has 0 radical (unpaired) electrons. The van der Waals surface area contributed by atoms with E-state index in [0.717, 1.165) is 32.7 Å². The van der Waals surface area contributed by atoms with Crippen molar-refractivity contribution >= 4 is 5.97 Å². The van der Waals surface area contributed by atoms with Crippen molar-refractivity contribution in [3.8, 4) is 0 Å². The van der Waals surface area contributed by atoms with Crippen LogP contribution < -0.4 is 11.4 Å². The Morgan fingerprint density at radius 1 is 1.56 bits per heavy atom. The molecule has 0 bridgehead atoms. The summed E-state index contributed by atoms with van der Waals surface area (Å²) in [7, 11) is 0. The number of nitrogens with two attached hydrogens (primary N) is 1. The Hall–Kier alpha value is -0.690. The fourth-order valence-electron chi connectivity index (χ4n) is 2.11. The Bertz CT molecular complexity index is 225. The second-order valence-corrected chi connectivity index (χ2v) is 4.12. The highest BCUT2D eigenvalue weighted by Gasteiger charge is 2.22. The molecule has 6 nitrogen and oxygen atoms in total. The number of carbonyl (C=O) groups is 1. The first kappa shape index (κ1) is 13.4. The maximum absolute atomic E-state index is 11.1. The highest BCUT2D eigenvalue weighted by molar-refractivity contribution is 5.69. The number of hydrazine groups is 1. The average Bonchev–Trinajstić information content (AvgIpc) is 2.27. The average molecular weight is 230 g/mol. The molecule has 1 aliphatic rings. The quantitative estimate of drug-likeness (QED) is 0.482. The van der Waals surface area contributed by atoms with Crippen molar-refractivity contribution in [2.24, 2.45) is 5.84 Å². The molecule has 0 aromatic carbocycles. The summed E-state index contributed by atoms with van der Waals surface area (Å²) in [6, 6.07) is 0.558. The molecule has 0 aromatic heterocycles. The molecule has 1 heterocycles. The van der Waals surface area contributed by atoms with Crippen molar-refractivity contribution < 1.29 is 9.63 Å². The second-order valence-electron chi connectivity index (χ2n) is 4.12. The summed E-state index contributed by atoms with van der Waals surface area (Å²) >= 11 is 0. The van der Waals surface area contributed by atoms with Crippen LogP contribution in [0.1, 0.15) is 20.3 Å². The zero-order chi connectivity index (χ0) is 12.0. The number of hydrogen-bond donors (Lipinski definition) is 2. The minimum Gasteiger partial charge on any atom is -0.356 e. The molecule has 94 valence electrons. The third-order valence-corrected chi connectivity index (χ3v) is 3.06. The van der Waals surface area contributed by atoms with Crippen molar-refractivity contribution in [2.45, 2.75) is 26.3 Å². The minimum atomic E-state index is -0.312. The van der Waals surface area contributed by atoms with E-state index in [1.54, 1.807) is 0 Å². The fraction of sp³-hybridized carbons (Fsp3) is 0.900. The lowest BCUT2D eigenvalue weighted by Gasteiger charge is -2.39. The molecule has 0 aromatic rings. The molecular formula is C10H22N4O2. The molecule has 16 heavy (non-hydrogen) atoms. The van der Waals surface area contributed by atoms with Crippen molar-refractivity contribution in [1.29, 1.82) is 0 Å². The summed E-state index contributed by atoms with van der Waals surface area (Å²) in [5.41, 5.74) is 1.90. The van der Waals surface area contributed by atoms with Gasteiger partial charge < -0.3 is 4.84 Å². The van der Waals surface area contributed by atoms with Gasteiger partial charge in [0.25, 0.3) is 0 Å². The smallest absolute Gasteiger partial charge is 0.327 e. The molecule has 0 amide bonds. The first-order valence-electron chi connectivity index (χ1n) is 5.79. The van der Waals surface area contributed by atoms with Gasteiger partial charge in [-0.25, -0.2) is 5.84 Å². The van der Waals surface area contributed by atoms with E-state index in [2.05, 4.69) is 28.5 Å². The number of nitrogens with one attached hydrogen (secondary N) is 1. The Balaban J connectivity index is 2.22. The van der Waals surface area contributed by atoms with Crippen LogP contribution >= 0.6 is 0 Å². The normalized spacial score (nSPS) is 23.3. The molecular weight excluding hydrogens is 208 g/mol. The van der Waals surface area contributed by atoms with Gasteiger partial charge in [0, 0.05) is 32.2 Å². The topological polar surface area (TPSA) is 70.8 Å². The van der Waals surface area contributed by atoms with Gasteiger partial charge in [-0.05, 0) is 13.5 Å². The van der Waals surface area contributed by atoms with Crippen LogP contribution in [-0.4, -0.2) is 54.5 Å².